The second-order valence-electron chi connectivity index (χ2n) is 7.37. The molecule has 0 atom stereocenters. The van der Waals surface area contributed by atoms with Gasteiger partial charge in [0.2, 0.25) is 0 Å². The first-order valence-electron chi connectivity index (χ1n) is 9.91. The summed E-state index contributed by atoms with van der Waals surface area (Å²) in [5.74, 6) is 3.11. The lowest BCUT2D eigenvalue weighted by Gasteiger charge is -2.29. The third-order valence-electron chi connectivity index (χ3n) is 5.29. The van der Waals surface area contributed by atoms with E-state index in [2.05, 4.69) is 24.6 Å². The van der Waals surface area contributed by atoms with Crippen LogP contribution in [0.3, 0.4) is 0 Å². The number of nitro groups is 1. The molecule has 1 aliphatic heterocycles. The maximum absolute atomic E-state index is 10.9. The highest BCUT2D eigenvalue weighted by molar-refractivity contribution is 5.60. The van der Waals surface area contributed by atoms with E-state index in [0.717, 1.165) is 47.4 Å². The fourth-order valence-corrected chi connectivity index (χ4v) is 3.73. The van der Waals surface area contributed by atoms with Gasteiger partial charge in [-0.3, -0.25) is 10.1 Å². The zero-order valence-electron chi connectivity index (χ0n) is 16.8. The molecule has 0 saturated carbocycles. The normalized spacial score (nSPS) is 13.1. The van der Waals surface area contributed by atoms with Gasteiger partial charge >= 0.3 is 0 Å². The number of non-ortho nitro benzene ring substituents is 1. The van der Waals surface area contributed by atoms with Crippen molar-refractivity contribution in [3.8, 4) is 22.8 Å². The molecule has 0 radical (unpaired) electrons. The Balaban J connectivity index is 1.43. The molecule has 2 aromatic heterocycles. The van der Waals surface area contributed by atoms with Crippen LogP contribution in [0.2, 0.25) is 0 Å². The fourth-order valence-electron chi connectivity index (χ4n) is 3.73. The van der Waals surface area contributed by atoms with Gasteiger partial charge in [0.1, 0.15) is 5.82 Å². The minimum absolute atomic E-state index is 0.0428. The smallest absolute Gasteiger partial charge is 0.269 e. The van der Waals surface area contributed by atoms with E-state index in [-0.39, 0.29) is 5.69 Å². The van der Waals surface area contributed by atoms with E-state index in [1.54, 1.807) is 12.1 Å². The highest BCUT2D eigenvalue weighted by Crippen LogP contribution is 2.26. The van der Waals surface area contributed by atoms with Crippen LogP contribution in [0.1, 0.15) is 11.5 Å². The standard InChI is InChI=1S/C22H19N7O2/c1-15-13-19(24-21(23-15)16-7-9-18(10-8-16)29(30)31)27-11-12-28-20(14-27)25-26-22(28)17-5-3-2-4-6-17/h2-10,13H,11-12,14H2,1H3. The zero-order valence-corrected chi connectivity index (χ0v) is 16.8. The molecule has 1 aliphatic rings. The Kier molecular flexibility index (Phi) is 4.62. The summed E-state index contributed by atoms with van der Waals surface area (Å²) in [6, 6.07) is 18.3. The summed E-state index contributed by atoms with van der Waals surface area (Å²) in [5.41, 5.74) is 2.66. The van der Waals surface area contributed by atoms with Crippen LogP contribution in [0.25, 0.3) is 22.8 Å². The Morgan fingerprint density at radius 1 is 0.935 bits per heavy atom. The molecule has 4 aromatic rings. The van der Waals surface area contributed by atoms with E-state index in [1.165, 1.54) is 12.1 Å². The van der Waals surface area contributed by atoms with Crippen molar-refractivity contribution < 1.29 is 4.92 Å². The molecular weight excluding hydrogens is 394 g/mol. The summed E-state index contributed by atoms with van der Waals surface area (Å²) in [7, 11) is 0. The lowest BCUT2D eigenvalue weighted by molar-refractivity contribution is -0.384. The third-order valence-corrected chi connectivity index (χ3v) is 5.29. The minimum atomic E-state index is -0.417. The number of rotatable bonds is 4. The molecule has 0 aliphatic carbocycles. The molecule has 3 heterocycles. The van der Waals surface area contributed by atoms with Gasteiger partial charge in [0.15, 0.2) is 17.5 Å². The first-order valence-corrected chi connectivity index (χ1v) is 9.91. The number of fused-ring (bicyclic) bond motifs is 1. The average molecular weight is 413 g/mol. The van der Waals surface area contributed by atoms with Crippen LogP contribution in [-0.4, -0.2) is 36.2 Å². The molecule has 31 heavy (non-hydrogen) atoms. The fraction of sp³-hybridized carbons (Fsp3) is 0.182. The van der Waals surface area contributed by atoms with Crippen LogP contribution in [0.15, 0.2) is 60.7 Å². The molecule has 154 valence electrons. The van der Waals surface area contributed by atoms with Crippen LogP contribution in [0.5, 0.6) is 0 Å². The summed E-state index contributed by atoms with van der Waals surface area (Å²) in [5, 5.41) is 19.7. The summed E-state index contributed by atoms with van der Waals surface area (Å²) in [6.07, 6.45) is 0. The van der Waals surface area contributed by atoms with Gasteiger partial charge in [-0.15, -0.1) is 10.2 Å². The number of nitrogens with zero attached hydrogens (tertiary/aromatic N) is 7. The molecule has 0 fully saturated rings. The summed E-state index contributed by atoms with van der Waals surface area (Å²) in [4.78, 5) is 21.9. The first-order chi connectivity index (χ1) is 15.1. The van der Waals surface area contributed by atoms with Crippen LogP contribution in [0, 0.1) is 17.0 Å². The predicted octanol–water partition coefficient (Wildman–Crippen LogP) is 3.64. The van der Waals surface area contributed by atoms with Gasteiger partial charge in [-0.05, 0) is 19.1 Å². The summed E-state index contributed by atoms with van der Waals surface area (Å²) < 4.78 is 2.15. The lowest BCUT2D eigenvalue weighted by atomic mass is 10.2. The second-order valence-corrected chi connectivity index (χ2v) is 7.37. The summed E-state index contributed by atoms with van der Waals surface area (Å²) >= 11 is 0. The topological polar surface area (TPSA) is 103 Å². The number of nitro benzene ring substituents is 1. The van der Waals surface area contributed by atoms with E-state index in [1.807, 2.05) is 43.3 Å². The highest BCUT2D eigenvalue weighted by atomic mass is 16.6. The maximum Gasteiger partial charge on any atom is 0.269 e. The summed E-state index contributed by atoms with van der Waals surface area (Å²) in [6.45, 7) is 4.03. The van der Waals surface area contributed by atoms with Crippen molar-refractivity contribution in [1.82, 2.24) is 24.7 Å². The molecule has 9 nitrogen and oxygen atoms in total. The first kappa shape index (κ1) is 18.9. The number of hydrogen-bond acceptors (Lipinski definition) is 7. The van der Waals surface area contributed by atoms with Gasteiger partial charge < -0.3 is 9.47 Å². The van der Waals surface area contributed by atoms with Crippen molar-refractivity contribution in [3.63, 3.8) is 0 Å². The highest BCUT2D eigenvalue weighted by Gasteiger charge is 2.23. The van der Waals surface area contributed by atoms with Crippen LogP contribution < -0.4 is 4.90 Å². The van der Waals surface area contributed by atoms with Gasteiger partial charge in [-0.25, -0.2) is 9.97 Å². The number of hydrogen-bond donors (Lipinski definition) is 0. The molecule has 5 rings (SSSR count). The van der Waals surface area contributed by atoms with Gasteiger partial charge in [-0.2, -0.15) is 0 Å². The van der Waals surface area contributed by atoms with E-state index in [4.69, 9.17) is 4.98 Å². The van der Waals surface area contributed by atoms with E-state index in [9.17, 15) is 10.1 Å². The van der Waals surface area contributed by atoms with E-state index in [0.29, 0.717) is 12.4 Å². The lowest BCUT2D eigenvalue weighted by Crippen LogP contribution is -2.34. The van der Waals surface area contributed by atoms with Gasteiger partial charge in [0, 0.05) is 48.1 Å². The average Bonchev–Trinajstić information content (AvgIpc) is 3.22. The SMILES string of the molecule is Cc1cc(N2CCn3c(nnc3-c3ccccc3)C2)nc(-c2ccc([N+](=O)[O-])cc2)n1. The Morgan fingerprint density at radius 2 is 1.71 bits per heavy atom. The number of benzene rings is 2. The molecule has 0 spiro atoms. The molecule has 0 bridgehead atoms. The van der Waals surface area contributed by atoms with Crippen molar-refractivity contribution in [2.24, 2.45) is 0 Å². The van der Waals surface area contributed by atoms with Crippen LogP contribution in [-0.2, 0) is 13.1 Å². The number of anilines is 1. The third kappa shape index (κ3) is 3.61. The van der Waals surface area contributed by atoms with E-state index >= 15 is 0 Å². The van der Waals surface area contributed by atoms with Gasteiger partial charge in [0.25, 0.3) is 5.69 Å². The number of aryl methyl sites for hydroxylation is 1. The van der Waals surface area contributed by atoms with E-state index < -0.39 is 4.92 Å². The van der Waals surface area contributed by atoms with Crippen molar-refractivity contribution in [1.29, 1.82) is 0 Å². The Labute approximate surface area is 178 Å². The predicted molar refractivity (Wildman–Crippen MR) is 115 cm³/mol. The molecule has 0 amide bonds. The molecule has 0 saturated heterocycles. The Hall–Kier alpha value is -4.14. The molecule has 0 unspecified atom stereocenters. The number of aromatic nitrogens is 5. The zero-order chi connectivity index (χ0) is 21.4. The van der Waals surface area contributed by atoms with Gasteiger partial charge in [-0.1, -0.05) is 30.3 Å². The Morgan fingerprint density at radius 3 is 2.45 bits per heavy atom. The molecule has 0 N–H and O–H groups in total. The van der Waals surface area contributed by atoms with Crippen molar-refractivity contribution in [2.75, 3.05) is 11.4 Å². The van der Waals surface area contributed by atoms with Crippen LogP contribution >= 0.6 is 0 Å². The van der Waals surface area contributed by atoms with Crippen molar-refractivity contribution >= 4 is 11.5 Å². The molecular formula is C22H19N7O2. The van der Waals surface area contributed by atoms with Crippen molar-refractivity contribution in [3.05, 3.63) is 82.3 Å². The minimum Gasteiger partial charge on any atom is -0.347 e. The second kappa shape index (κ2) is 7.60. The largest absolute Gasteiger partial charge is 0.347 e. The van der Waals surface area contributed by atoms with Gasteiger partial charge in [0.05, 0.1) is 11.5 Å². The monoisotopic (exact) mass is 413 g/mol. The Bertz CT molecular complexity index is 1250. The quantitative estimate of drug-likeness (QED) is 0.372. The van der Waals surface area contributed by atoms with Crippen LogP contribution in [0.4, 0.5) is 11.5 Å². The molecule has 2 aromatic carbocycles. The molecule has 9 heteroatoms. The maximum atomic E-state index is 10.9. The van der Waals surface area contributed by atoms with Crippen molar-refractivity contribution in [2.45, 2.75) is 20.0 Å².